The molecule has 0 aliphatic heterocycles. The van der Waals surface area contributed by atoms with Crippen molar-refractivity contribution in [2.75, 3.05) is 17.7 Å². The van der Waals surface area contributed by atoms with E-state index in [1.54, 1.807) is 20.8 Å². The van der Waals surface area contributed by atoms with Gasteiger partial charge >= 0.3 is 12.6 Å². The Morgan fingerprint density at radius 2 is 1.93 bits per heavy atom. The molecular formula is C16H19F2N5O4. The van der Waals surface area contributed by atoms with Crippen LogP contribution in [0, 0.1) is 0 Å². The Bertz CT molecular complexity index is 832. The molecule has 0 bridgehead atoms. The summed E-state index contributed by atoms with van der Waals surface area (Å²) in [5, 5.41) is 8.31. The van der Waals surface area contributed by atoms with Crippen molar-refractivity contribution in [1.29, 1.82) is 0 Å². The van der Waals surface area contributed by atoms with Gasteiger partial charge in [-0.25, -0.2) is 14.5 Å². The van der Waals surface area contributed by atoms with Crippen molar-refractivity contribution in [1.82, 2.24) is 14.8 Å². The molecule has 9 nitrogen and oxygen atoms in total. The van der Waals surface area contributed by atoms with Gasteiger partial charge in [0.05, 0.1) is 7.11 Å². The third-order valence-electron chi connectivity index (χ3n) is 3.01. The highest BCUT2D eigenvalue weighted by atomic mass is 19.3. The first-order valence-electron chi connectivity index (χ1n) is 7.78. The summed E-state index contributed by atoms with van der Waals surface area (Å²) in [6.07, 6.45) is 1.49. The molecule has 0 atom stereocenters. The minimum Gasteiger partial charge on any atom is -0.496 e. The molecule has 2 heterocycles. The molecule has 0 aliphatic rings. The fourth-order valence-corrected chi connectivity index (χ4v) is 1.95. The van der Waals surface area contributed by atoms with Crippen LogP contribution in [0.2, 0.25) is 0 Å². The molecule has 2 rings (SSSR count). The van der Waals surface area contributed by atoms with Crippen LogP contribution in [0.3, 0.4) is 0 Å². The van der Waals surface area contributed by atoms with Crippen LogP contribution in [0.15, 0.2) is 24.5 Å². The average molecular weight is 383 g/mol. The summed E-state index contributed by atoms with van der Waals surface area (Å²) in [4.78, 5) is 28.0. The fraction of sp³-hybridized carbons (Fsp3) is 0.375. The first-order chi connectivity index (χ1) is 12.6. The lowest BCUT2D eigenvalue weighted by Crippen LogP contribution is -2.27. The smallest absolute Gasteiger partial charge is 0.413 e. The molecule has 0 radical (unpaired) electrons. The summed E-state index contributed by atoms with van der Waals surface area (Å²) in [7, 11) is 1.33. The number of amides is 2. The summed E-state index contributed by atoms with van der Waals surface area (Å²) in [5.41, 5.74) is -0.658. The minimum absolute atomic E-state index is 0.0267. The number of methoxy groups -OCH3 is 1. The quantitative estimate of drug-likeness (QED) is 0.820. The van der Waals surface area contributed by atoms with Crippen molar-refractivity contribution in [2.24, 2.45) is 0 Å². The Balaban J connectivity index is 2.12. The van der Waals surface area contributed by atoms with Crippen molar-refractivity contribution in [2.45, 2.75) is 32.9 Å². The number of alkyl halides is 2. The first-order valence-corrected chi connectivity index (χ1v) is 7.78. The second-order valence-electron chi connectivity index (χ2n) is 6.31. The molecule has 2 amide bonds. The maximum atomic E-state index is 12.5. The Morgan fingerprint density at radius 1 is 1.22 bits per heavy atom. The number of ether oxygens (including phenoxy) is 2. The summed E-state index contributed by atoms with van der Waals surface area (Å²) < 4.78 is 35.7. The predicted molar refractivity (Wildman–Crippen MR) is 92.1 cm³/mol. The zero-order chi connectivity index (χ0) is 20.2. The number of nitrogens with one attached hydrogen (secondary N) is 2. The number of halogens is 2. The van der Waals surface area contributed by atoms with E-state index < -0.39 is 24.2 Å². The zero-order valence-corrected chi connectivity index (χ0v) is 15.1. The molecule has 0 aromatic carbocycles. The van der Waals surface area contributed by atoms with Crippen LogP contribution in [0.4, 0.5) is 25.2 Å². The number of anilines is 2. The Morgan fingerprint density at radius 3 is 2.48 bits per heavy atom. The predicted octanol–water partition coefficient (Wildman–Crippen LogP) is 3.28. The number of hydrogen-bond donors (Lipinski definition) is 2. The highest BCUT2D eigenvalue weighted by molar-refractivity contribution is 6.05. The summed E-state index contributed by atoms with van der Waals surface area (Å²) in [6, 6.07) is 2.55. The van der Waals surface area contributed by atoms with Gasteiger partial charge in [-0.2, -0.15) is 13.9 Å². The Labute approximate surface area is 153 Å². The van der Waals surface area contributed by atoms with E-state index >= 15 is 0 Å². The van der Waals surface area contributed by atoms with Gasteiger partial charge in [-0.3, -0.25) is 10.1 Å². The lowest BCUT2D eigenvalue weighted by Gasteiger charge is -2.19. The van der Waals surface area contributed by atoms with Crippen LogP contribution >= 0.6 is 0 Å². The van der Waals surface area contributed by atoms with Crippen molar-refractivity contribution < 1.29 is 27.8 Å². The lowest BCUT2D eigenvalue weighted by atomic mass is 10.2. The van der Waals surface area contributed by atoms with Crippen LogP contribution in [-0.2, 0) is 4.74 Å². The van der Waals surface area contributed by atoms with Gasteiger partial charge in [0.15, 0.2) is 5.82 Å². The Hall–Kier alpha value is -3.24. The number of rotatable bonds is 5. The highest BCUT2D eigenvalue weighted by Gasteiger charge is 2.19. The molecule has 0 saturated heterocycles. The molecule has 0 fully saturated rings. The third kappa shape index (κ3) is 5.62. The summed E-state index contributed by atoms with van der Waals surface area (Å²) in [5.74, 6) is -0.498. The van der Waals surface area contributed by atoms with Crippen molar-refractivity contribution in [3.05, 3.63) is 30.1 Å². The van der Waals surface area contributed by atoms with Crippen LogP contribution < -0.4 is 15.4 Å². The molecule has 2 aromatic rings. The molecule has 0 aliphatic carbocycles. The molecule has 27 heavy (non-hydrogen) atoms. The molecule has 2 aromatic heterocycles. The lowest BCUT2D eigenvalue weighted by molar-refractivity contribution is 0.0567. The second-order valence-corrected chi connectivity index (χ2v) is 6.31. The first kappa shape index (κ1) is 20.1. The number of hydrogen-bond acceptors (Lipinski definition) is 6. The molecule has 0 saturated carbocycles. The van der Waals surface area contributed by atoms with Gasteiger partial charge in [-0.1, -0.05) is 0 Å². The molecular weight excluding hydrogens is 364 g/mol. The molecule has 146 valence electrons. The standard InChI is InChI=1S/C16H19F2N5O4/c1-16(2,3)27-15(25)21-12-7-10(26-4)9(8-19-12)13(24)20-11-5-6-23(22-11)14(17)18/h5-8,14H,1-4H3,(H,19,21,25)(H,20,22,24). The van der Waals surface area contributed by atoms with Crippen molar-refractivity contribution in [3.63, 3.8) is 0 Å². The van der Waals surface area contributed by atoms with E-state index in [2.05, 4.69) is 20.7 Å². The van der Waals surface area contributed by atoms with Gasteiger partial charge in [0.1, 0.15) is 22.7 Å². The third-order valence-corrected chi connectivity index (χ3v) is 3.01. The minimum atomic E-state index is -2.81. The number of aromatic nitrogens is 3. The number of pyridine rings is 1. The molecule has 0 spiro atoms. The molecule has 0 unspecified atom stereocenters. The molecule has 11 heteroatoms. The second kappa shape index (κ2) is 7.98. The number of nitrogens with zero attached hydrogens (tertiary/aromatic N) is 3. The van der Waals surface area contributed by atoms with Crippen LogP contribution in [0.1, 0.15) is 37.7 Å². The summed E-state index contributed by atoms with van der Waals surface area (Å²) in [6.45, 7) is 2.32. The highest BCUT2D eigenvalue weighted by Crippen LogP contribution is 2.23. The van der Waals surface area contributed by atoms with Crippen LogP contribution in [0.5, 0.6) is 5.75 Å². The van der Waals surface area contributed by atoms with Gasteiger partial charge in [0.25, 0.3) is 5.91 Å². The van der Waals surface area contributed by atoms with Crippen molar-refractivity contribution >= 4 is 23.6 Å². The maximum Gasteiger partial charge on any atom is 0.413 e. The fourth-order valence-electron chi connectivity index (χ4n) is 1.95. The SMILES string of the molecule is COc1cc(NC(=O)OC(C)(C)C)ncc1C(=O)Nc1ccn(C(F)F)n1. The van der Waals surface area contributed by atoms with E-state index in [-0.39, 0.29) is 22.9 Å². The monoisotopic (exact) mass is 383 g/mol. The van der Waals surface area contributed by atoms with E-state index in [1.807, 2.05) is 0 Å². The van der Waals surface area contributed by atoms with Crippen molar-refractivity contribution in [3.8, 4) is 5.75 Å². The van der Waals surface area contributed by atoms with E-state index in [0.717, 1.165) is 6.20 Å². The maximum absolute atomic E-state index is 12.5. The van der Waals surface area contributed by atoms with E-state index in [0.29, 0.717) is 4.68 Å². The van der Waals surface area contributed by atoms with E-state index in [4.69, 9.17) is 9.47 Å². The van der Waals surface area contributed by atoms with Gasteiger partial charge in [-0.15, -0.1) is 0 Å². The number of carbonyl (C=O) groups excluding carboxylic acids is 2. The van der Waals surface area contributed by atoms with E-state index in [9.17, 15) is 18.4 Å². The average Bonchev–Trinajstić information content (AvgIpc) is 3.01. The largest absolute Gasteiger partial charge is 0.496 e. The van der Waals surface area contributed by atoms with Gasteiger partial charge in [-0.05, 0) is 20.8 Å². The topological polar surface area (TPSA) is 107 Å². The normalized spacial score (nSPS) is 11.2. The Kier molecular flexibility index (Phi) is 5.93. The molecule has 2 N–H and O–H groups in total. The van der Waals surface area contributed by atoms with Crippen LogP contribution in [0.25, 0.3) is 0 Å². The van der Waals surface area contributed by atoms with Gasteiger partial charge in [0.2, 0.25) is 0 Å². The van der Waals surface area contributed by atoms with Gasteiger partial charge in [0, 0.05) is 24.5 Å². The number of carbonyl (C=O) groups is 2. The van der Waals surface area contributed by atoms with Gasteiger partial charge < -0.3 is 14.8 Å². The zero-order valence-electron chi connectivity index (χ0n) is 15.1. The summed E-state index contributed by atoms with van der Waals surface area (Å²) >= 11 is 0. The van der Waals surface area contributed by atoms with Crippen LogP contribution in [-0.4, -0.2) is 39.5 Å². The van der Waals surface area contributed by atoms with E-state index in [1.165, 1.54) is 25.4 Å².